The Balaban J connectivity index is 2.94. The Morgan fingerprint density at radius 1 is 1.54 bits per heavy atom. The summed E-state index contributed by atoms with van der Waals surface area (Å²) in [7, 11) is 0. The van der Waals surface area contributed by atoms with Crippen LogP contribution in [0.25, 0.3) is 0 Å². The Kier molecular flexibility index (Phi) is 2.62. The highest BCUT2D eigenvalue weighted by Crippen LogP contribution is 2.39. The highest BCUT2D eigenvalue weighted by atomic mass is 16.3. The van der Waals surface area contributed by atoms with Crippen molar-refractivity contribution in [1.29, 1.82) is 0 Å². The van der Waals surface area contributed by atoms with E-state index in [1.165, 1.54) is 6.08 Å². The van der Waals surface area contributed by atoms with Gasteiger partial charge in [-0.15, -0.1) is 6.58 Å². The molecule has 1 saturated carbocycles. The summed E-state index contributed by atoms with van der Waals surface area (Å²) in [6, 6.07) is 0. The SMILES string of the molecule is C=CC1(O)CC(=O)C(C)C(C)C1C. The average Bonchev–Trinajstić information content (AvgIpc) is 2.12. The third-order valence-electron chi connectivity index (χ3n) is 3.68. The maximum Gasteiger partial charge on any atom is 0.139 e. The molecule has 1 N–H and O–H groups in total. The van der Waals surface area contributed by atoms with Gasteiger partial charge in [-0.25, -0.2) is 0 Å². The summed E-state index contributed by atoms with van der Waals surface area (Å²) in [5, 5.41) is 10.1. The Hall–Kier alpha value is -0.630. The van der Waals surface area contributed by atoms with Crippen LogP contribution in [0.1, 0.15) is 27.2 Å². The quantitative estimate of drug-likeness (QED) is 0.628. The van der Waals surface area contributed by atoms with Crippen molar-refractivity contribution in [2.75, 3.05) is 0 Å². The maximum atomic E-state index is 11.5. The van der Waals surface area contributed by atoms with Crippen molar-refractivity contribution < 1.29 is 9.90 Å². The van der Waals surface area contributed by atoms with Crippen LogP contribution < -0.4 is 0 Å². The van der Waals surface area contributed by atoms with Crippen LogP contribution in [0.5, 0.6) is 0 Å². The molecule has 0 amide bonds. The number of rotatable bonds is 1. The Morgan fingerprint density at radius 2 is 2.08 bits per heavy atom. The van der Waals surface area contributed by atoms with Crippen molar-refractivity contribution in [2.24, 2.45) is 17.8 Å². The molecule has 1 aliphatic carbocycles. The lowest BCUT2D eigenvalue weighted by molar-refractivity contribution is -0.138. The van der Waals surface area contributed by atoms with Gasteiger partial charge in [-0.2, -0.15) is 0 Å². The topological polar surface area (TPSA) is 37.3 Å². The molecule has 0 aliphatic heterocycles. The van der Waals surface area contributed by atoms with E-state index in [0.29, 0.717) is 0 Å². The fourth-order valence-corrected chi connectivity index (χ4v) is 2.04. The Labute approximate surface area is 79.6 Å². The molecule has 13 heavy (non-hydrogen) atoms. The zero-order valence-corrected chi connectivity index (χ0v) is 8.58. The molecule has 0 bridgehead atoms. The molecule has 1 rings (SSSR count). The first-order valence-electron chi connectivity index (χ1n) is 4.81. The molecule has 1 fully saturated rings. The average molecular weight is 182 g/mol. The lowest BCUT2D eigenvalue weighted by Gasteiger charge is -2.42. The molecule has 0 aromatic heterocycles. The van der Waals surface area contributed by atoms with Gasteiger partial charge in [0.1, 0.15) is 5.78 Å². The van der Waals surface area contributed by atoms with Crippen LogP contribution in [0, 0.1) is 17.8 Å². The van der Waals surface area contributed by atoms with Crippen LogP contribution in [-0.4, -0.2) is 16.5 Å². The van der Waals surface area contributed by atoms with E-state index in [1.54, 1.807) is 0 Å². The van der Waals surface area contributed by atoms with Crippen LogP contribution in [0.2, 0.25) is 0 Å². The molecule has 0 saturated heterocycles. The van der Waals surface area contributed by atoms with Gasteiger partial charge in [-0.1, -0.05) is 26.8 Å². The van der Waals surface area contributed by atoms with E-state index in [2.05, 4.69) is 6.58 Å². The van der Waals surface area contributed by atoms with Crippen LogP contribution >= 0.6 is 0 Å². The monoisotopic (exact) mass is 182 g/mol. The van der Waals surface area contributed by atoms with Gasteiger partial charge in [-0.05, 0) is 11.8 Å². The van der Waals surface area contributed by atoms with E-state index in [-0.39, 0.29) is 30.0 Å². The summed E-state index contributed by atoms with van der Waals surface area (Å²) in [5.41, 5.74) is -0.983. The summed E-state index contributed by atoms with van der Waals surface area (Å²) in [6.07, 6.45) is 1.74. The number of hydrogen-bond acceptors (Lipinski definition) is 2. The first-order chi connectivity index (χ1) is 5.92. The maximum absolute atomic E-state index is 11.5. The molecule has 74 valence electrons. The zero-order chi connectivity index (χ0) is 10.2. The molecule has 4 atom stereocenters. The van der Waals surface area contributed by atoms with Crippen molar-refractivity contribution in [3.8, 4) is 0 Å². The third-order valence-corrected chi connectivity index (χ3v) is 3.68. The fourth-order valence-electron chi connectivity index (χ4n) is 2.04. The van der Waals surface area contributed by atoms with Crippen molar-refractivity contribution >= 4 is 5.78 Å². The second-order valence-corrected chi connectivity index (χ2v) is 4.27. The molecule has 2 heteroatoms. The van der Waals surface area contributed by atoms with Gasteiger partial charge in [0.15, 0.2) is 0 Å². The molecule has 2 nitrogen and oxygen atoms in total. The predicted molar refractivity (Wildman–Crippen MR) is 52.3 cm³/mol. The lowest BCUT2D eigenvalue weighted by atomic mass is 9.65. The van der Waals surface area contributed by atoms with E-state index in [0.717, 1.165) is 0 Å². The van der Waals surface area contributed by atoms with E-state index in [9.17, 15) is 9.90 Å². The number of Topliss-reactive ketones (excluding diaryl/α,β-unsaturated/α-hetero) is 1. The van der Waals surface area contributed by atoms with Crippen molar-refractivity contribution in [3.63, 3.8) is 0 Å². The van der Waals surface area contributed by atoms with Crippen LogP contribution in [0.3, 0.4) is 0 Å². The van der Waals surface area contributed by atoms with Gasteiger partial charge in [0.05, 0.1) is 5.60 Å². The van der Waals surface area contributed by atoms with Gasteiger partial charge < -0.3 is 5.11 Å². The molecular formula is C11H18O2. The van der Waals surface area contributed by atoms with Crippen molar-refractivity contribution in [2.45, 2.75) is 32.8 Å². The van der Waals surface area contributed by atoms with Crippen LogP contribution in [-0.2, 0) is 4.79 Å². The number of carbonyl (C=O) groups excluding carboxylic acids is 1. The lowest BCUT2D eigenvalue weighted by Crippen LogP contribution is -2.48. The molecule has 0 aromatic carbocycles. The van der Waals surface area contributed by atoms with Gasteiger partial charge in [-0.3, -0.25) is 4.79 Å². The largest absolute Gasteiger partial charge is 0.385 e. The molecule has 0 spiro atoms. The molecular weight excluding hydrogens is 164 g/mol. The zero-order valence-electron chi connectivity index (χ0n) is 8.58. The number of carbonyl (C=O) groups is 1. The summed E-state index contributed by atoms with van der Waals surface area (Å²) < 4.78 is 0. The van der Waals surface area contributed by atoms with E-state index < -0.39 is 5.60 Å². The third kappa shape index (κ3) is 1.55. The number of hydrogen-bond donors (Lipinski definition) is 1. The molecule has 1 aliphatic rings. The van der Waals surface area contributed by atoms with Gasteiger partial charge in [0, 0.05) is 12.3 Å². The Morgan fingerprint density at radius 3 is 2.54 bits per heavy atom. The molecule has 0 heterocycles. The molecule has 0 aromatic rings. The van der Waals surface area contributed by atoms with Gasteiger partial charge >= 0.3 is 0 Å². The van der Waals surface area contributed by atoms with Crippen molar-refractivity contribution in [1.82, 2.24) is 0 Å². The molecule has 4 unspecified atom stereocenters. The minimum absolute atomic E-state index is 0.0650. The smallest absolute Gasteiger partial charge is 0.139 e. The summed E-state index contributed by atoms with van der Waals surface area (Å²) >= 11 is 0. The fraction of sp³-hybridized carbons (Fsp3) is 0.727. The summed E-state index contributed by atoms with van der Waals surface area (Å²) in [5.74, 6) is 0.546. The summed E-state index contributed by atoms with van der Waals surface area (Å²) in [6.45, 7) is 9.53. The van der Waals surface area contributed by atoms with Gasteiger partial charge in [0.2, 0.25) is 0 Å². The van der Waals surface area contributed by atoms with Crippen LogP contribution in [0.15, 0.2) is 12.7 Å². The highest BCUT2D eigenvalue weighted by Gasteiger charge is 2.44. The number of ketones is 1. The molecule has 0 radical (unpaired) electrons. The minimum Gasteiger partial charge on any atom is -0.385 e. The first kappa shape index (κ1) is 10.5. The van der Waals surface area contributed by atoms with E-state index >= 15 is 0 Å². The second kappa shape index (κ2) is 3.26. The minimum atomic E-state index is -0.983. The highest BCUT2D eigenvalue weighted by molar-refractivity contribution is 5.83. The van der Waals surface area contributed by atoms with E-state index in [4.69, 9.17) is 0 Å². The first-order valence-corrected chi connectivity index (χ1v) is 4.81. The van der Waals surface area contributed by atoms with Gasteiger partial charge in [0.25, 0.3) is 0 Å². The normalized spacial score (nSPS) is 46.2. The Bertz CT molecular complexity index is 234. The summed E-state index contributed by atoms with van der Waals surface area (Å²) in [4.78, 5) is 11.5. The van der Waals surface area contributed by atoms with E-state index in [1.807, 2.05) is 20.8 Å². The van der Waals surface area contributed by atoms with Crippen LogP contribution in [0.4, 0.5) is 0 Å². The standard InChI is InChI=1S/C11H18O2/c1-5-11(13)6-10(12)8(3)7(2)9(11)4/h5,7-9,13H,1,6H2,2-4H3. The predicted octanol–water partition coefficient (Wildman–Crippen LogP) is 1.78. The number of aliphatic hydroxyl groups is 1. The van der Waals surface area contributed by atoms with Crippen molar-refractivity contribution in [3.05, 3.63) is 12.7 Å². The second-order valence-electron chi connectivity index (χ2n) is 4.27.